The van der Waals surface area contributed by atoms with E-state index in [1.54, 1.807) is 0 Å². The molecule has 0 radical (unpaired) electrons. The highest BCUT2D eigenvalue weighted by molar-refractivity contribution is 7.47. The van der Waals surface area contributed by atoms with Crippen LogP contribution in [0.1, 0.15) is 344 Å². The third-order valence-electron chi connectivity index (χ3n) is 15.9. The lowest BCUT2D eigenvalue weighted by atomic mass is 10.0. The highest BCUT2D eigenvalue weighted by Crippen LogP contribution is 2.45. The largest absolute Gasteiger partial charge is 0.472 e. The number of phosphoric ester groups is 2. The molecule has 0 aliphatic rings. The van der Waals surface area contributed by atoms with E-state index >= 15 is 0 Å². The highest BCUT2D eigenvalue weighted by Gasteiger charge is 2.30. The quantitative estimate of drug-likeness (QED) is 0.0222. The average molecular weight is 1300 g/mol. The van der Waals surface area contributed by atoms with Gasteiger partial charge in [0.25, 0.3) is 0 Å². The second-order valence-corrected chi connectivity index (χ2v) is 29.3. The third-order valence-corrected chi connectivity index (χ3v) is 17.8. The van der Waals surface area contributed by atoms with Gasteiger partial charge in [-0.1, -0.05) is 292 Å². The number of unbranched alkanes of at least 4 members (excludes halogenated alkanes) is 35. The number of hydrogen-bond donors (Lipinski definition) is 3. The van der Waals surface area contributed by atoms with Crippen LogP contribution in [0.3, 0.4) is 0 Å². The molecular formula is C69H134O17P2. The molecule has 19 heteroatoms. The van der Waals surface area contributed by atoms with Crippen molar-refractivity contribution in [3.63, 3.8) is 0 Å². The molecule has 0 rings (SSSR count). The monoisotopic (exact) mass is 1300 g/mol. The summed E-state index contributed by atoms with van der Waals surface area (Å²) in [4.78, 5) is 72.4. The Morgan fingerprint density at radius 2 is 0.523 bits per heavy atom. The summed E-state index contributed by atoms with van der Waals surface area (Å²) < 4.78 is 68.2. The molecule has 17 nitrogen and oxygen atoms in total. The normalized spacial score (nSPS) is 14.2. The van der Waals surface area contributed by atoms with Gasteiger partial charge >= 0.3 is 39.5 Å². The molecule has 0 saturated carbocycles. The van der Waals surface area contributed by atoms with Crippen LogP contribution in [0.15, 0.2) is 0 Å². The molecule has 2 unspecified atom stereocenters. The van der Waals surface area contributed by atoms with Crippen molar-refractivity contribution in [1.29, 1.82) is 0 Å². The Bertz CT molecular complexity index is 1730. The molecule has 0 spiro atoms. The number of esters is 4. The van der Waals surface area contributed by atoms with E-state index < -0.39 is 97.5 Å². The molecule has 0 bridgehead atoms. The van der Waals surface area contributed by atoms with Crippen LogP contribution in [0.25, 0.3) is 0 Å². The second-order valence-electron chi connectivity index (χ2n) is 26.3. The van der Waals surface area contributed by atoms with Gasteiger partial charge in [-0.3, -0.25) is 37.3 Å². The van der Waals surface area contributed by atoms with Crippen molar-refractivity contribution in [2.24, 2.45) is 17.8 Å². The Labute approximate surface area is 537 Å². The number of hydrogen-bond acceptors (Lipinski definition) is 15. The molecule has 88 heavy (non-hydrogen) atoms. The van der Waals surface area contributed by atoms with Crippen LogP contribution in [-0.2, 0) is 65.4 Å². The molecule has 0 amide bonds. The van der Waals surface area contributed by atoms with Gasteiger partial charge in [0.15, 0.2) is 12.2 Å². The average Bonchev–Trinajstić information content (AvgIpc) is 3.56. The van der Waals surface area contributed by atoms with Crippen molar-refractivity contribution in [1.82, 2.24) is 0 Å². The summed E-state index contributed by atoms with van der Waals surface area (Å²) in [5.41, 5.74) is 0. The minimum atomic E-state index is -4.95. The Morgan fingerprint density at radius 3 is 0.773 bits per heavy atom. The lowest BCUT2D eigenvalue weighted by Gasteiger charge is -2.21. The zero-order valence-corrected chi connectivity index (χ0v) is 59.0. The van der Waals surface area contributed by atoms with E-state index in [1.807, 2.05) is 0 Å². The molecular weight excluding hydrogens is 1160 g/mol. The smallest absolute Gasteiger partial charge is 0.462 e. The van der Waals surface area contributed by atoms with Crippen LogP contribution in [0.5, 0.6) is 0 Å². The van der Waals surface area contributed by atoms with E-state index in [-0.39, 0.29) is 25.7 Å². The summed E-state index contributed by atoms with van der Waals surface area (Å²) >= 11 is 0. The summed E-state index contributed by atoms with van der Waals surface area (Å²) in [6.45, 7) is 11.8. The third kappa shape index (κ3) is 62.8. The van der Waals surface area contributed by atoms with E-state index in [0.29, 0.717) is 31.6 Å². The van der Waals surface area contributed by atoms with E-state index in [4.69, 9.17) is 37.0 Å². The predicted octanol–water partition coefficient (Wildman–Crippen LogP) is 19.5. The number of aliphatic hydroxyl groups is 1. The van der Waals surface area contributed by atoms with Gasteiger partial charge in [-0.15, -0.1) is 0 Å². The number of carbonyl (C=O) groups is 4. The standard InChI is InChI=1S/C69H134O17P2/c1-8-9-10-11-12-13-16-24-29-38-45-52-68(73)86-65(57-80-67(72)51-44-37-32-31-35-42-49-62(6)7)59-84-88(77,78)82-55-63(70)54-81-87(75,76)83-58-64(56-79-66(71)50-43-36-28-23-20-19-22-27-34-41-48-61(4)5)85-69(74)53-46-39-30-25-18-15-14-17-21-26-33-40-47-60(2)3/h60-65,70H,8-59H2,1-7H3,(H,75,76)(H,77,78)/t63-,64-,65-/m1/s1. The molecule has 0 fully saturated rings. The van der Waals surface area contributed by atoms with E-state index in [2.05, 4.69) is 48.5 Å². The molecule has 0 aromatic heterocycles. The van der Waals surface area contributed by atoms with Crippen LogP contribution < -0.4 is 0 Å². The summed E-state index contributed by atoms with van der Waals surface area (Å²) in [6.07, 6.45) is 43.1. The fourth-order valence-electron chi connectivity index (χ4n) is 10.4. The maximum absolute atomic E-state index is 13.0. The fourth-order valence-corrected chi connectivity index (χ4v) is 11.9. The van der Waals surface area contributed by atoms with Gasteiger partial charge in [-0.05, 0) is 43.4 Å². The first-order valence-electron chi connectivity index (χ1n) is 35.8. The zero-order chi connectivity index (χ0) is 65.2. The summed E-state index contributed by atoms with van der Waals surface area (Å²) in [5, 5.41) is 10.6. The second kappa shape index (κ2) is 60.0. The summed E-state index contributed by atoms with van der Waals surface area (Å²) in [6, 6.07) is 0. The lowest BCUT2D eigenvalue weighted by molar-refractivity contribution is -0.161. The summed E-state index contributed by atoms with van der Waals surface area (Å²) in [7, 11) is -9.90. The Hall–Kier alpha value is -1.94. The topological polar surface area (TPSA) is 237 Å². The van der Waals surface area contributed by atoms with Crippen molar-refractivity contribution in [3.05, 3.63) is 0 Å². The first-order valence-corrected chi connectivity index (χ1v) is 38.8. The van der Waals surface area contributed by atoms with E-state index in [0.717, 1.165) is 108 Å². The van der Waals surface area contributed by atoms with Gasteiger partial charge in [-0.2, -0.15) is 0 Å². The summed E-state index contributed by atoms with van der Waals surface area (Å²) in [5.74, 6) is 0.0863. The maximum Gasteiger partial charge on any atom is 0.472 e. The number of aliphatic hydroxyl groups excluding tert-OH is 1. The zero-order valence-electron chi connectivity index (χ0n) is 57.2. The van der Waals surface area contributed by atoms with Crippen LogP contribution in [0.2, 0.25) is 0 Å². The van der Waals surface area contributed by atoms with E-state index in [9.17, 15) is 43.2 Å². The van der Waals surface area contributed by atoms with Crippen LogP contribution in [-0.4, -0.2) is 96.7 Å². The van der Waals surface area contributed by atoms with Crippen molar-refractivity contribution in [2.45, 2.75) is 362 Å². The van der Waals surface area contributed by atoms with Gasteiger partial charge in [0.2, 0.25) is 0 Å². The number of phosphoric acid groups is 2. The molecule has 0 saturated heterocycles. The predicted molar refractivity (Wildman–Crippen MR) is 354 cm³/mol. The van der Waals surface area contributed by atoms with Crippen LogP contribution in [0, 0.1) is 17.8 Å². The highest BCUT2D eigenvalue weighted by atomic mass is 31.2. The van der Waals surface area contributed by atoms with Crippen LogP contribution >= 0.6 is 15.6 Å². The van der Waals surface area contributed by atoms with Crippen molar-refractivity contribution in [2.75, 3.05) is 39.6 Å². The SMILES string of the molecule is CCCCCCCCCCCCCC(=O)O[C@H](COC(=O)CCCCCCCCC(C)C)COP(=O)(O)OC[C@H](O)COP(=O)(O)OC[C@@H](COC(=O)CCCCCCCCCCCCC(C)C)OC(=O)CCCCCCCCCCCCCCC(C)C. The Balaban J connectivity index is 5.24. The Kier molecular flexibility index (Phi) is 58.7. The van der Waals surface area contributed by atoms with Gasteiger partial charge in [0, 0.05) is 25.7 Å². The number of carbonyl (C=O) groups excluding carboxylic acids is 4. The molecule has 0 heterocycles. The fraction of sp³-hybridized carbons (Fsp3) is 0.942. The molecule has 0 aliphatic heterocycles. The first kappa shape index (κ1) is 86.1. The number of ether oxygens (including phenoxy) is 4. The van der Waals surface area contributed by atoms with Gasteiger partial charge in [-0.25, -0.2) is 9.13 Å². The molecule has 3 N–H and O–H groups in total. The van der Waals surface area contributed by atoms with Crippen LogP contribution in [0.4, 0.5) is 0 Å². The first-order chi connectivity index (χ1) is 42.2. The molecule has 0 aromatic rings. The minimum Gasteiger partial charge on any atom is -0.462 e. The minimum absolute atomic E-state index is 0.105. The lowest BCUT2D eigenvalue weighted by Crippen LogP contribution is -2.30. The van der Waals surface area contributed by atoms with Crippen molar-refractivity contribution < 1.29 is 80.2 Å². The van der Waals surface area contributed by atoms with Gasteiger partial charge < -0.3 is 33.8 Å². The van der Waals surface area contributed by atoms with Crippen molar-refractivity contribution in [3.8, 4) is 0 Å². The van der Waals surface area contributed by atoms with E-state index in [1.165, 1.54) is 148 Å². The molecule has 0 aromatic carbocycles. The van der Waals surface area contributed by atoms with Crippen molar-refractivity contribution >= 4 is 39.5 Å². The van der Waals surface area contributed by atoms with Gasteiger partial charge in [0.05, 0.1) is 26.4 Å². The van der Waals surface area contributed by atoms with Gasteiger partial charge in [0.1, 0.15) is 19.3 Å². The molecule has 5 atom stereocenters. The molecule has 522 valence electrons. The molecule has 0 aliphatic carbocycles. The number of rotatable bonds is 67. The Morgan fingerprint density at radius 1 is 0.307 bits per heavy atom. The maximum atomic E-state index is 13.0.